The van der Waals surface area contributed by atoms with Gasteiger partial charge in [-0.25, -0.2) is 10.0 Å². The normalized spacial score (nSPS) is 19.5. The number of aryl methyl sites for hydroxylation is 1. The Morgan fingerprint density at radius 2 is 1.28 bits per heavy atom. The Hall–Kier alpha value is -2.12. The van der Waals surface area contributed by atoms with E-state index in [1.54, 1.807) is 0 Å². The molecule has 0 amide bonds. The van der Waals surface area contributed by atoms with Gasteiger partial charge in [-0.15, -0.1) is 0 Å². The molecule has 152 valence electrons. The maximum absolute atomic E-state index is 3.66. The van der Waals surface area contributed by atoms with Crippen LogP contribution >= 0.6 is 0 Å². The van der Waals surface area contributed by atoms with E-state index in [9.17, 15) is 0 Å². The zero-order valence-electron chi connectivity index (χ0n) is 17.7. The molecule has 1 atom stereocenters. The minimum Gasteiger partial charge on any atom is -0.226 e. The third kappa shape index (κ3) is 5.28. The van der Waals surface area contributed by atoms with Gasteiger partial charge in [0.1, 0.15) is 6.04 Å². The fourth-order valence-electron chi connectivity index (χ4n) is 4.37. The summed E-state index contributed by atoms with van der Waals surface area (Å²) in [6.45, 7) is 6.65. The van der Waals surface area contributed by atoms with E-state index < -0.39 is 0 Å². The van der Waals surface area contributed by atoms with Crippen LogP contribution in [0.3, 0.4) is 0 Å². The third-order valence-electron chi connectivity index (χ3n) is 6.00. The molecule has 0 spiro atoms. The van der Waals surface area contributed by atoms with Gasteiger partial charge in [0, 0.05) is 31.7 Å². The summed E-state index contributed by atoms with van der Waals surface area (Å²) in [5.74, 6) is 7.14. The van der Waals surface area contributed by atoms with Gasteiger partial charge in [0.2, 0.25) is 0 Å². The molecular weight excluding hydrogens is 354 g/mol. The predicted octanol–water partition coefficient (Wildman–Crippen LogP) is 5.19. The summed E-state index contributed by atoms with van der Waals surface area (Å²) in [4.78, 5) is 0. The van der Waals surface area contributed by atoms with E-state index in [2.05, 4.69) is 88.5 Å². The summed E-state index contributed by atoms with van der Waals surface area (Å²) < 4.78 is 0. The van der Waals surface area contributed by atoms with Gasteiger partial charge < -0.3 is 0 Å². The fourth-order valence-corrected chi connectivity index (χ4v) is 4.37. The van der Waals surface area contributed by atoms with Crippen LogP contribution in [0.25, 0.3) is 0 Å². The molecule has 2 heterocycles. The molecule has 2 aromatic rings. The van der Waals surface area contributed by atoms with Crippen LogP contribution in [-0.2, 0) is 0 Å². The minimum absolute atomic E-state index is 0.0497. The first-order valence-corrected chi connectivity index (χ1v) is 11.2. The van der Waals surface area contributed by atoms with Gasteiger partial charge in [0.25, 0.3) is 0 Å². The maximum Gasteiger partial charge on any atom is 0.126 e. The van der Waals surface area contributed by atoms with Crippen molar-refractivity contribution in [2.24, 2.45) is 0 Å². The van der Waals surface area contributed by atoms with Crippen LogP contribution in [-0.4, -0.2) is 41.3 Å². The average Bonchev–Trinajstić information content (AvgIpc) is 2.79. The van der Waals surface area contributed by atoms with Crippen LogP contribution in [0.1, 0.15) is 61.3 Å². The van der Waals surface area contributed by atoms with E-state index in [-0.39, 0.29) is 6.04 Å². The van der Waals surface area contributed by atoms with Gasteiger partial charge in [0.15, 0.2) is 0 Å². The summed E-state index contributed by atoms with van der Waals surface area (Å²) in [7, 11) is 0. The van der Waals surface area contributed by atoms with Crippen molar-refractivity contribution in [2.45, 2.75) is 51.5 Å². The quantitative estimate of drug-likeness (QED) is 0.668. The van der Waals surface area contributed by atoms with Crippen LogP contribution in [0, 0.1) is 18.8 Å². The SMILES string of the molecule is Cc1ccc(C#CC(c2ccccc2)N(N2CCCCC2)N2CCCCC2)cc1. The van der Waals surface area contributed by atoms with Gasteiger partial charge in [-0.3, -0.25) is 0 Å². The molecule has 2 aliphatic heterocycles. The van der Waals surface area contributed by atoms with Crippen LogP contribution < -0.4 is 0 Å². The molecule has 2 aliphatic rings. The standard InChI is InChI=1S/C26H33N3/c1-23-13-15-24(16-14-23)17-18-26(25-11-5-2-6-12-25)29(27-19-7-3-8-20-27)28-21-9-4-10-22-28/h2,5-6,11-16,26H,3-4,7-10,19-22H2,1H3. The van der Waals surface area contributed by atoms with E-state index in [1.165, 1.54) is 49.7 Å². The number of nitrogens with zero attached hydrogens (tertiary/aromatic N) is 3. The van der Waals surface area contributed by atoms with Gasteiger partial charge >= 0.3 is 0 Å². The molecule has 3 nitrogen and oxygen atoms in total. The van der Waals surface area contributed by atoms with Crippen LogP contribution in [0.2, 0.25) is 0 Å². The van der Waals surface area contributed by atoms with Crippen molar-refractivity contribution in [2.75, 3.05) is 26.2 Å². The second-order valence-corrected chi connectivity index (χ2v) is 8.30. The molecule has 0 radical (unpaired) electrons. The Morgan fingerprint density at radius 3 is 1.83 bits per heavy atom. The number of rotatable bonds is 4. The molecular formula is C26H33N3. The Balaban J connectivity index is 1.70. The van der Waals surface area contributed by atoms with E-state index in [0.29, 0.717) is 0 Å². The topological polar surface area (TPSA) is 9.72 Å². The summed E-state index contributed by atoms with van der Waals surface area (Å²) >= 11 is 0. The maximum atomic E-state index is 3.66. The molecule has 0 aromatic heterocycles. The molecule has 0 bridgehead atoms. The van der Waals surface area contributed by atoms with Gasteiger partial charge in [-0.05, 0) is 50.3 Å². The summed E-state index contributed by atoms with van der Waals surface area (Å²) in [6, 6.07) is 19.5. The molecule has 29 heavy (non-hydrogen) atoms. The number of hydrogen-bond acceptors (Lipinski definition) is 3. The van der Waals surface area contributed by atoms with Crippen LogP contribution in [0.15, 0.2) is 54.6 Å². The highest BCUT2D eigenvalue weighted by atomic mass is 15.9. The first-order valence-electron chi connectivity index (χ1n) is 11.2. The van der Waals surface area contributed by atoms with Crippen molar-refractivity contribution in [1.29, 1.82) is 0 Å². The average molecular weight is 388 g/mol. The Labute approximate surface area is 176 Å². The van der Waals surface area contributed by atoms with Gasteiger partial charge in [0.05, 0.1) is 0 Å². The lowest BCUT2D eigenvalue weighted by Crippen LogP contribution is -2.57. The molecule has 2 aromatic carbocycles. The second kappa shape index (κ2) is 10.1. The first kappa shape index (κ1) is 20.2. The number of hydrazine groups is 2. The highest BCUT2D eigenvalue weighted by molar-refractivity contribution is 5.38. The largest absolute Gasteiger partial charge is 0.226 e. The van der Waals surface area contributed by atoms with Crippen LogP contribution in [0.4, 0.5) is 0 Å². The van der Waals surface area contributed by atoms with Crippen molar-refractivity contribution in [3.8, 4) is 11.8 Å². The number of piperidine rings is 2. The minimum atomic E-state index is 0.0497. The monoisotopic (exact) mass is 387 g/mol. The molecule has 3 heteroatoms. The second-order valence-electron chi connectivity index (χ2n) is 8.30. The third-order valence-corrected chi connectivity index (χ3v) is 6.00. The van der Waals surface area contributed by atoms with E-state index in [1.807, 2.05) is 0 Å². The summed E-state index contributed by atoms with van der Waals surface area (Å²) in [6.07, 6.45) is 7.79. The van der Waals surface area contributed by atoms with Gasteiger partial charge in [-0.1, -0.05) is 72.7 Å². The number of hydrogen-bond donors (Lipinski definition) is 0. The van der Waals surface area contributed by atoms with Crippen molar-refractivity contribution in [3.05, 3.63) is 71.3 Å². The fraction of sp³-hybridized carbons (Fsp3) is 0.462. The lowest BCUT2D eigenvalue weighted by molar-refractivity contribution is -0.214. The van der Waals surface area contributed by atoms with Crippen molar-refractivity contribution in [1.82, 2.24) is 15.1 Å². The van der Waals surface area contributed by atoms with Crippen molar-refractivity contribution >= 4 is 0 Å². The van der Waals surface area contributed by atoms with Gasteiger partial charge in [-0.2, -0.15) is 5.12 Å². The molecule has 1 unspecified atom stereocenters. The van der Waals surface area contributed by atoms with Crippen molar-refractivity contribution in [3.63, 3.8) is 0 Å². The lowest BCUT2D eigenvalue weighted by atomic mass is 10.1. The highest BCUT2D eigenvalue weighted by Gasteiger charge is 2.31. The first-order chi connectivity index (χ1) is 14.3. The summed E-state index contributed by atoms with van der Waals surface area (Å²) in [5, 5.41) is 7.65. The zero-order chi connectivity index (χ0) is 19.9. The molecule has 0 aliphatic carbocycles. The van der Waals surface area contributed by atoms with E-state index in [4.69, 9.17) is 0 Å². The molecule has 2 saturated heterocycles. The highest BCUT2D eigenvalue weighted by Crippen LogP contribution is 2.28. The molecule has 2 fully saturated rings. The summed E-state index contributed by atoms with van der Waals surface area (Å²) in [5.41, 5.74) is 3.65. The molecule has 0 saturated carbocycles. The zero-order valence-corrected chi connectivity index (χ0v) is 17.7. The Morgan fingerprint density at radius 1 is 0.724 bits per heavy atom. The van der Waals surface area contributed by atoms with E-state index in [0.717, 1.165) is 31.7 Å². The Bertz CT molecular complexity index is 789. The van der Waals surface area contributed by atoms with Crippen LogP contribution in [0.5, 0.6) is 0 Å². The molecule has 0 N–H and O–H groups in total. The van der Waals surface area contributed by atoms with E-state index >= 15 is 0 Å². The smallest absolute Gasteiger partial charge is 0.126 e. The lowest BCUT2D eigenvalue weighted by Gasteiger charge is -2.47. The van der Waals surface area contributed by atoms with Crippen molar-refractivity contribution < 1.29 is 0 Å². The Kier molecular flexibility index (Phi) is 7.00. The molecule has 4 rings (SSSR count). The predicted molar refractivity (Wildman–Crippen MR) is 120 cm³/mol. The number of benzene rings is 2.